The number of amides is 1. The Kier molecular flexibility index (Phi) is 4.97. The van der Waals surface area contributed by atoms with E-state index in [0.717, 1.165) is 49.4 Å². The van der Waals surface area contributed by atoms with Gasteiger partial charge in [-0.25, -0.2) is 0 Å². The van der Waals surface area contributed by atoms with Gasteiger partial charge < -0.3 is 19.1 Å². The standard InChI is InChI=1S/C17H29N3O2/c1-13-11-15(14(2)19(13)5)16(21)20-9-7-17(22-6,8-10-20)12-18(3)4/h11H,7-10,12H2,1-6H3. The second kappa shape index (κ2) is 6.42. The van der Waals surface area contributed by atoms with E-state index in [9.17, 15) is 4.79 Å². The molecule has 5 heteroatoms. The number of methoxy groups -OCH3 is 1. The van der Waals surface area contributed by atoms with Crippen LogP contribution < -0.4 is 0 Å². The van der Waals surface area contributed by atoms with Gasteiger partial charge in [-0.05, 0) is 46.9 Å². The first kappa shape index (κ1) is 17.0. The van der Waals surface area contributed by atoms with E-state index in [1.807, 2.05) is 31.9 Å². The summed E-state index contributed by atoms with van der Waals surface area (Å²) in [6.45, 7) is 6.46. The SMILES string of the molecule is COC1(CN(C)C)CCN(C(=O)c2cc(C)n(C)c2C)CC1. The fourth-order valence-electron chi connectivity index (χ4n) is 3.36. The van der Waals surface area contributed by atoms with Gasteiger partial charge in [-0.2, -0.15) is 0 Å². The zero-order valence-electron chi connectivity index (χ0n) is 14.8. The molecule has 0 spiro atoms. The molecule has 0 aliphatic carbocycles. The Morgan fingerprint density at radius 2 is 1.91 bits per heavy atom. The number of nitrogens with zero attached hydrogens (tertiary/aromatic N) is 3. The van der Waals surface area contributed by atoms with Crippen LogP contribution in [0.15, 0.2) is 6.07 Å². The highest BCUT2D eigenvalue weighted by Crippen LogP contribution is 2.28. The van der Waals surface area contributed by atoms with Gasteiger partial charge in [-0.15, -0.1) is 0 Å². The normalized spacial score (nSPS) is 18.0. The minimum Gasteiger partial charge on any atom is -0.377 e. The molecule has 1 fully saturated rings. The van der Waals surface area contributed by atoms with Crippen molar-refractivity contribution >= 4 is 5.91 Å². The van der Waals surface area contributed by atoms with Crippen molar-refractivity contribution in [3.63, 3.8) is 0 Å². The van der Waals surface area contributed by atoms with E-state index in [4.69, 9.17) is 4.74 Å². The Balaban J connectivity index is 2.07. The number of aromatic nitrogens is 1. The lowest BCUT2D eigenvalue weighted by Gasteiger charge is -2.42. The van der Waals surface area contributed by atoms with Crippen molar-refractivity contribution < 1.29 is 9.53 Å². The van der Waals surface area contributed by atoms with Crippen LogP contribution >= 0.6 is 0 Å². The van der Waals surface area contributed by atoms with Crippen molar-refractivity contribution in [3.8, 4) is 0 Å². The maximum Gasteiger partial charge on any atom is 0.255 e. The van der Waals surface area contributed by atoms with Crippen LogP contribution in [0, 0.1) is 13.8 Å². The molecule has 0 N–H and O–H groups in total. The Labute approximate surface area is 133 Å². The first-order valence-electron chi connectivity index (χ1n) is 7.92. The van der Waals surface area contributed by atoms with Gasteiger partial charge in [0.1, 0.15) is 0 Å². The predicted octanol–water partition coefficient (Wildman–Crippen LogP) is 1.82. The monoisotopic (exact) mass is 307 g/mol. The minimum absolute atomic E-state index is 0.123. The second-order valence-electron chi connectivity index (χ2n) is 6.76. The summed E-state index contributed by atoms with van der Waals surface area (Å²) in [5, 5.41) is 0. The minimum atomic E-state index is -0.123. The molecule has 22 heavy (non-hydrogen) atoms. The molecule has 2 heterocycles. The average Bonchev–Trinajstić information content (AvgIpc) is 2.74. The van der Waals surface area contributed by atoms with Gasteiger partial charge in [-0.1, -0.05) is 0 Å². The van der Waals surface area contributed by atoms with Crippen LogP contribution in [-0.2, 0) is 11.8 Å². The number of aryl methyl sites for hydroxylation is 1. The van der Waals surface area contributed by atoms with Crippen molar-refractivity contribution in [2.75, 3.05) is 40.8 Å². The molecule has 1 aliphatic rings. The number of likely N-dealkylation sites (N-methyl/N-ethyl adjacent to an activating group) is 1. The van der Waals surface area contributed by atoms with Crippen molar-refractivity contribution in [1.82, 2.24) is 14.4 Å². The summed E-state index contributed by atoms with van der Waals surface area (Å²) >= 11 is 0. The summed E-state index contributed by atoms with van der Waals surface area (Å²) in [7, 11) is 7.92. The molecule has 1 aromatic heterocycles. The fourth-order valence-corrected chi connectivity index (χ4v) is 3.36. The zero-order valence-corrected chi connectivity index (χ0v) is 14.8. The van der Waals surface area contributed by atoms with Crippen molar-refractivity contribution in [1.29, 1.82) is 0 Å². The molecule has 0 atom stereocenters. The third-order valence-corrected chi connectivity index (χ3v) is 5.00. The van der Waals surface area contributed by atoms with E-state index < -0.39 is 0 Å². The molecule has 1 saturated heterocycles. The molecule has 0 saturated carbocycles. The Hall–Kier alpha value is -1.33. The Bertz CT molecular complexity index is 540. The van der Waals surface area contributed by atoms with Crippen LogP contribution in [0.5, 0.6) is 0 Å². The molecule has 0 bridgehead atoms. The van der Waals surface area contributed by atoms with Gasteiger partial charge >= 0.3 is 0 Å². The molecular weight excluding hydrogens is 278 g/mol. The number of likely N-dealkylation sites (tertiary alicyclic amines) is 1. The molecular formula is C17H29N3O2. The summed E-state index contributed by atoms with van der Waals surface area (Å²) < 4.78 is 7.86. The third kappa shape index (κ3) is 3.20. The van der Waals surface area contributed by atoms with Gasteiger partial charge in [0.15, 0.2) is 0 Å². The molecule has 1 amide bonds. The van der Waals surface area contributed by atoms with Gasteiger partial charge in [-0.3, -0.25) is 4.79 Å². The lowest BCUT2D eigenvalue weighted by Crippen LogP contribution is -2.52. The zero-order chi connectivity index (χ0) is 16.5. The summed E-state index contributed by atoms with van der Waals surface area (Å²) in [4.78, 5) is 16.9. The van der Waals surface area contributed by atoms with Crippen molar-refractivity contribution in [3.05, 3.63) is 23.0 Å². The van der Waals surface area contributed by atoms with E-state index in [1.165, 1.54) is 0 Å². The maximum atomic E-state index is 12.8. The largest absolute Gasteiger partial charge is 0.377 e. The number of rotatable bonds is 4. The second-order valence-corrected chi connectivity index (χ2v) is 6.76. The van der Waals surface area contributed by atoms with E-state index in [-0.39, 0.29) is 11.5 Å². The van der Waals surface area contributed by atoms with Crippen LogP contribution in [0.25, 0.3) is 0 Å². The third-order valence-electron chi connectivity index (χ3n) is 5.00. The highest BCUT2D eigenvalue weighted by Gasteiger charge is 2.37. The van der Waals surface area contributed by atoms with Crippen LogP contribution in [0.4, 0.5) is 0 Å². The van der Waals surface area contributed by atoms with E-state index in [1.54, 1.807) is 7.11 Å². The smallest absolute Gasteiger partial charge is 0.255 e. The molecule has 1 aromatic rings. The Morgan fingerprint density at radius 1 is 1.32 bits per heavy atom. The van der Waals surface area contributed by atoms with Crippen molar-refractivity contribution in [2.24, 2.45) is 7.05 Å². The van der Waals surface area contributed by atoms with E-state index >= 15 is 0 Å². The summed E-state index contributed by atoms with van der Waals surface area (Å²) in [5.41, 5.74) is 2.87. The maximum absolute atomic E-state index is 12.8. The number of carbonyl (C=O) groups excluding carboxylic acids is 1. The highest BCUT2D eigenvalue weighted by atomic mass is 16.5. The number of hydrogen-bond donors (Lipinski definition) is 0. The first-order chi connectivity index (χ1) is 10.3. The molecule has 1 aliphatic heterocycles. The number of hydrogen-bond acceptors (Lipinski definition) is 3. The lowest BCUT2D eigenvalue weighted by molar-refractivity contribution is -0.0654. The summed E-state index contributed by atoms with van der Waals surface area (Å²) in [6, 6.07) is 2.00. The fraction of sp³-hybridized carbons (Fsp3) is 0.706. The first-order valence-corrected chi connectivity index (χ1v) is 7.92. The highest BCUT2D eigenvalue weighted by molar-refractivity contribution is 5.95. The number of carbonyl (C=O) groups is 1. The average molecular weight is 307 g/mol. The molecule has 0 unspecified atom stereocenters. The van der Waals surface area contributed by atoms with Crippen LogP contribution in [0.2, 0.25) is 0 Å². The van der Waals surface area contributed by atoms with Crippen LogP contribution in [0.1, 0.15) is 34.6 Å². The lowest BCUT2D eigenvalue weighted by atomic mass is 9.90. The molecule has 0 radical (unpaired) electrons. The molecule has 0 aromatic carbocycles. The molecule has 124 valence electrons. The quantitative estimate of drug-likeness (QED) is 0.851. The van der Waals surface area contributed by atoms with Gasteiger partial charge in [0.25, 0.3) is 5.91 Å². The predicted molar refractivity (Wildman–Crippen MR) is 88.3 cm³/mol. The van der Waals surface area contributed by atoms with Gasteiger partial charge in [0.05, 0.1) is 11.2 Å². The summed E-state index contributed by atoms with van der Waals surface area (Å²) in [5.74, 6) is 0.149. The topological polar surface area (TPSA) is 37.7 Å². The van der Waals surface area contributed by atoms with Crippen LogP contribution in [0.3, 0.4) is 0 Å². The summed E-state index contributed by atoms with van der Waals surface area (Å²) in [6.07, 6.45) is 1.77. The van der Waals surface area contributed by atoms with E-state index in [2.05, 4.69) is 23.6 Å². The van der Waals surface area contributed by atoms with Crippen LogP contribution in [-0.4, -0.2) is 66.7 Å². The van der Waals surface area contributed by atoms with Gasteiger partial charge in [0.2, 0.25) is 0 Å². The van der Waals surface area contributed by atoms with E-state index in [0.29, 0.717) is 0 Å². The number of ether oxygens (including phenoxy) is 1. The molecule has 5 nitrogen and oxygen atoms in total. The Morgan fingerprint density at radius 3 is 2.32 bits per heavy atom. The molecule has 2 rings (SSSR count). The number of piperidine rings is 1. The van der Waals surface area contributed by atoms with Crippen molar-refractivity contribution in [2.45, 2.75) is 32.3 Å². The van der Waals surface area contributed by atoms with Gasteiger partial charge in [0, 0.05) is 45.2 Å².